The molecule has 1 N–H and O–H groups in total. The first kappa shape index (κ1) is 12.3. The van der Waals surface area contributed by atoms with Gasteiger partial charge in [-0.25, -0.2) is 4.98 Å². The van der Waals surface area contributed by atoms with Crippen molar-refractivity contribution in [3.63, 3.8) is 0 Å². The molecular formula is C13H12N4S2. The Balaban J connectivity index is 1.92. The van der Waals surface area contributed by atoms with Crippen LogP contribution in [0, 0.1) is 6.92 Å². The number of aromatic nitrogens is 3. The van der Waals surface area contributed by atoms with E-state index in [0.717, 1.165) is 25.6 Å². The minimum Gasteiger partial charge on any atom is -0.363 e. The maximum Gasteiger partial charge on any atom is 0.205 e. The van der Waals surface area contributed by atoms with Crippen molar-refractivity contribution in [2.45, 2.75) is 6.92 Å². The molecular weight excluding hydrogens is 276 g/mol. The van der Waals surface area contributed by atoms with Crippen LogP contribution in [-0.2, 0) is 0 Å². The first-order valence-corrected chi connectivity index (χ1v) is 7.44. The van der Waals surface area contributed by atoms with E-state index in [1.807, 2.05) is 13.2 Å². The highest BCUT2D eigenvalue weighted by Crippen LogP contribution is 2.34. The number of hydrogen-bond donors (Lipinski definition) is 1. The Labute approximate surface area is 119 Å². The van der Waals surface area contributed by atoms with Gasteiger partial charge in [-0.1, -0.05) is 41.2 Å². The van der Waals surface area contributed by atoms with Crippen LogP contribution in [0.25, 0.3) is 20.5 Å². The molecule has 0 amide bonds. The molecule has 4 nitrogen and oxygen atoms in total. The summed E-state index contributed by atoms with van der Waals surface area (Å²) in [6.45, 7) is 2.08. The highest BCUT2D eigenvalue weighted by atomic mass is 32.1. The highest BCUT2D eigenvalue weighted by molar-refractivity contribution is 7.24. The van der Waals surface area contributed by atoms with Gasteiger partial charge in [0.15, 0.2) is 5.01 Å². The van der Waals surface area contributed by atoms with Gasteiger partial charge in [-0.3, -0.25) is 0 Å². The van der Waals surface area contributed by atoms with Gasteiger partial charge < -0.3 is 5.32 Å². The van der Waals surface area contributed by atoms with Gasteiger partial charge in [0.2, 0.25) is 5.13 Å². The molecule has 2 heterocycles. The van der Waals surface area contributed by atoms with Gasteiger partial charge in [0.25, 0.3) is 0 Å². The summed E-state index contributed by atoms with van der Waals surface area (Å²) in [7, 11) is 1.84. The number of nitrogens with zero attached hydrogens (tertiary/aromatic N) is 3. The van der Waals surface area contributed by atoms with Crippen molar-refractivity contribution >= 4 is 27.8 Å². The number of aryl methyl sites for hydroxylation is 1. The fraction of sp³-hybridized carbons (Fsp3) is 0.154. The first-order chi connectivity index (χ1) is 9.26. The van der Waals surface area contributed by atoms with Crippen molar-refractivity contribution in [2.24, 2.45) is 0 Å². The Morgan fingerprint density at radius 2 is 1.79 bits per heavy atom. The van der Waals surface area contributed by atoms with E-state index in [-0.39, 0.29) is 0 Å². The Kier molecular flexibility index (Phi) is 3.27. The average Bonchev–Trinajstić information content (AvgIpc) is 3.08. The van der Waals surface area contributed by atoms with Gasteiger partial charge in [-0.2, -0.15) is 0 Å². The third-order valence-corrected chi connectivity index (χ3v) is 4.81. The topological polar surface area (TPSA) is 50.7 Å². The molecule has 0 saturated heterocycles. The maximum atomic E-state index is 4.46. The number of benzene rings is 1. The van der Waals surface area contributed by atoms with Crippen LogP contribution in [0.4, 0.5) is 5.13 Å². The molecule has 6 heteroatoms. The van der Waals surface area contributed by atoms with Gasteiger partial charge in [0.05, 0.1) is 4.88 Å². The lowest BCUT2D eigenvalue weighted by atomic mass is 10.2. The van der Waals surface area contributed by atoms with E-state index in [1.54, 1.807) is 11.3 Å². The molecule has 0 aliphatic heterocycles. The molecule has 0 fully saturated rings. The summed E-state index contributed by atoms with van der Waals surface area (Å²) < 4.78 is 0. The lowest BCUT2D eigenvalue weighted by molar-refractivity contribution is 1.09. The van der Waals surface area contributed by atoms with Gasteiger partial charge in [-0.05, 0) is 6.92 Å². The van der Waals surface area contributed by atoms with Gasteiger partial charge in [-0.15, -0.1) is 21.5 Å². The van der Waals surface area contributed by atoms with Gasteiger partial charge >= 0.3 is 0 Å². The van der Waals surface area contributed by atoms with Crippen molar-refractivity contribution in [3.05, 3.63) is 36.0 Å². The summed E-state index contributed by atoms with van der Waals surface area (Å²) in [5, 5.41) is 13.9. The molecule has 0 saturated carbocycles. The molecule has 0 atom stereocenters. The smallest absolute Gasteiger partial charge is 0.205 e. The SMILES string of the molecule is CNc1nnc(-c2cnc(-c3ccc(C)cc3)s2)s1. The normalized spacial score (nSPS) is 10.6. The maximum absolute atomic E-state index is 4.46. The van der Waals surface area contributed by atoms with Crippen molar-refractivity contribution in [3.8, 4) is 20.5 Å². The second-order valence-electron chi connectivity index (χ2n) is 4.06. The summed E-state index contributed by atoms with van der Waals surface area (Å²) in [6.07, 6.45) is 1.86. The monoisotopic (exact) mass is 288 g/mol. The van der Waals surface area contributed by atoms with Crippen LogP contribution in [0.1, 0.15) is 5.56 Å². The standard InChI is InChI=1S/C13H12N4S2/c1-8-3-5-9(6-4-8)11-15-7-10(18-11)12-16-17-13(14-2)19-12/h3-7H,1-2H3,(H,14,17). The molecule has 1 aromatic carbocycles. The van der Waals surface area contributed by atoms with E-state index in [4.69, 9.17) is 0 Å². The minimum atomic E-state index is 0.820. The number of hydrogen-bond acceptors (Lipinski definition) is 6. The molecule has 3 rings (SSSR count). The van der Waals surface area contributed by atoms with Crippen LogP contribution in [-0.4, -0.2) is 22.2 Å². The second kappa shape index (κ2) is 5.07. The predicted octanol–water partition coefficient (Wildman–Crippen LogP) is 3.68. The third kappa shape index (κ3) is 2.50. The van der Waals surface area contributed by atoms with Crippen molar-refractivity contribution < 1.29 is 0 Å². The number of rotatable bonds is 3. The molecule has 2 aromatic heterocycles. The minimum absolute atomic E-state index is 0.820. The zero-order valence-corrected chi connectivity index (χ0v) is 12.2. The molecule has 0 aliphatic carbocycles. The number of anilines is 1. The van der Waals surface area contributed by atoms with Crippen molar-refractivity contribution in [1.82, 2.24) is 15.2 Å². The van der Waals surface area contributed by atoms with Crippen LogP contribution >= 0.6 is 22.7 Å². The van der Waals surface area contributed by atoms with Crippen LogP contribution in [0.5, 0.6) is 0 Å². The largest absolute Gasteiger partial charge is 0.363 e. The molecule has 0 spiro atoms. The number of thiazole rings is 1. The lowest BCUT2D eigenvalue weighted by Crippen LogP contribution is -1.84. The predicted molar refractivity (Wildman–Crippen MR) is 80.7 cm³/mol. The lowest BCUT2D eigenvalue weighted by Gasteiger charge is -1.96. The van der Waals surface area contributed by atoms with E-state index in [2.05, 4.69) is 51.7 Å². The molecule has 3 aromatic rings. The summed E-state index contributed by atoms with van der Waals surface area (Å²) >= 11 is 3.17. The summed E-state index contributed by atoms with van der Waals surface area (Å²) in [5.74, 6) is 0. The van der Waals surface area contributed by atoms with Gasteiger partial charge in [0, 0.05) is 18.8 Å². The Morgan fingerprint density at radius 1 is 1.00 bits per heavy atom. The van der Waals surface area contributed by atoms with E-state index in [0.29, 0.717) is 0 Å². The van der Waals surface area contributed by atoms with E-state index in [9.17, 15) is 0 Å². The van der Waals surface area contributed by atoms with Gasteiger partial charge in [0.1, 0.15) is 5.01 Å². The van der Waals surface area contributed by atoms with E-state index >= 15 is 0 Å². The van der Waals surface area contributed by atoms with Crippen LogP contribution in [0.15, 0.2) is 30.5 Å². The summed E-state index contributed by atoms with van der Waals surface area (Å²) in [5.41, 5.74) is 2.39. The second-order valence-corrected chi connectivity index (χ2v) is 6.07. The Bertz CT molecular complexity index is 685. The van der Waals surface area contributed by atoms with Crippen LogP contribution in [0.2, 0.25) is 0 Å². The fourth-order valence-corrected chi connectivity index (χ4v) is 3.28. The van der Waals surface area contributed by atoms with Crippen LogP contribution in [0.3, 0.4) is 0 Å². The average molecular weight is 288 g/mol. The van der Waals surface area contributed by atoms with Crippen molar-refractivity contribution in [1.29, 1.82) is 0 Å². The highest BCUT2D eigenvalue weighted by Gasteiger charge is 2.10. The number of nitrogens with one attached hydrogen (secondary N) is 1. The van der Waals surface area contributed by atoms with Crippen LogP contribution < -0.4 is 5.32 Å². The Morgan fingerprint density at radius 3 is 2.47 bits per heavy atom. The van der Waals surface area contributed by atoms with E-state index in [1.165, 1.54) is 16.9 Å². The third-order valence-electron chi connectivity index (χ3n) is 2.65. The van der Waals surface area contributed by atoms with E-state index < -0.39 is 0 Å². The molecule has 0 bridgehead atoms. The zero-order valence-electron chi connectivity index (χ0n) is 10.5. The van der Waals surface area contributed by atoms with Crippen molar-refractivity contribution in [2.75, 3.05) is 12.4 Å². The quantitative estimate of drug-likeness (QED) is 0.798. The molecule has 96 valence electrons. The fourth-order valence-electron chi connectivity index (χ4n) is 1.63. The zero-order chi connectivity index (χ0) is 13.2. The molecule has 19 heavy (non-hydrogen) atoms. The Hall–Kier alpha value is -1.79. The first-order valence-electron chi connectivity index (χ1n) is 5.81. The molecule has 0 aliphatic rings. The summed E-state index contributed by atoms with van der Waals surface area (Å²) in [4.78, 5) is 5.52. The molecule has 0 unspecified atom stereocenters. The summed E-state index contributed by atoms with van der Waals surface area (Å²) in [6, 6.07) is 8.38. The molecule has 0 radical (unpaired) electrons.